The molecule has 1 aliphatic rings. The van der Waals surface area contributed by atoms with Gasteiger partial charge in [0.15, 0.2) is 0 Å². The van der Waals surface area contributed by atoms with Crippen LogP contribution in [0.2, 0.25) is 0 Å². The maximum Gasteiger partial charge on any atom is 0.321 e. The molecule has 1 aromatic carbocycles. The van der Waals surface area contributed by atoms with Gasteiger partial charge < -0.3 is 20.2 Å². The van der Waals surface area contributed by atoms with Crippen LogP contribution >= 0.6 is 0 Å². The summed E-state index contributed by atoms with van der Waals surface area (Å²) in [6.07, 6.45) is -0.488. The van der Waals surface area contributed by atoms with Crippen LogP contribution in [0, 0.1) is 0 Å². The van der Waals surface area contributed by atoms with E-state index in [-0.39, 0.29) is 6.03 Å². The van der Waals surface area contributed by atoms with Gasteiger partial charge in [0.25, 0.3) is 0 Å². The molecule has 1 fully saturated rings. The second-order valence-corrected chi connectivity index (χ2v) is 5.50. The van der Waals surface area contributed by atoms with Gasteiger partial charge in [0.2, 0.25) is 0 Å². The first kappa shape index (κ1) is 14.8. The minimum atomic E-state index is -0.488. The number of carbonyl (C=O) groups excluding carboxylic acids is 1. The van der Waals surface area contributed by atoms with Crippen molar-refractivity contribution in [3.05, 3.63) is 29.8 Å². The van der Waals surface area contributed by atoms with Crippen LogP contribution in [0.25, 0.3) is 0 Å². The van der Waals surface area contributed by atoms with Crippen LogP contribution in [0.3, 0.4) is 0 Å². The summed E-state index contributed by atoms with van der Waals surface area (Å²) in [6.45, 7) is 6.23. The average molecular weight is 277 g/mol. The molecule has 1 aromatic rings. The van der Waals surface area contributed by atoms with Gasteiger partial charge in [-0.25, -0.2) is 4.79 Å². The molecule has 5 heteroatoms. The van der Waals surface area contributed by atoms with Crippen molar-refractivity contribution in [3.8, 4) is 0 Å². The molecule has 0 bridgehead atoms. The van der Waals surface area contributed by atoms with E-state index in [0.29, 0.717) is 6.04 Å². The molecule has 2 rings (SSSR count). The van der Waals surface area contributed by atoms with Crippen LogP contribution < -0.4 is 5.32 Å². The second-order valence-electron chi connectivity index (χ2n) is 5.50. The number of urea groups is 1. The molecule has 2 atom stereocenters. The van der Waals surface area contributed by atoms with E-state index >= 15 is 0 Å². The molecule has 0 aliphatic carbocycles. The Morgan fingerprint density at radius 2 is 2.00 bits per heavy atom. The normalized spacial score (nSPS) is 21.6. The van der Waals surface area contributed by atoms with Gasteiger partial charge in [0.1, 0.15) is 0 Å². The number of amides is 2. The molecule has 0 aromatic heterocycles. The minimum Gasteiger partial charge on any atom is -0.389 e. The molecule has 2 amide bonds. The summed E-state index contributed by atoms with van der Waals surface area (Å²) in [7, 11) is 2.08. The van der Waals surface area contributed by atoms with E-state index in [2.05, 4.69) is 24.2 Å². The highest BCUT2D eigenvalue weighted by Gasteiger charge is 2.24. The summed E-state index contributed by atoms with van der Waals surface area (Å²) in [5.74, 6) is 0. The fraction of sp³-hybridized carbons (Fsp3) is 0.533. The Balaban J connectivity index is 1.94. The first-order chi connectivity index (χ1) is 9.47. The number of aliphatic hydroxyl groups is 1. The molecule has 1 saturated heterocycles. The number of nitrogens with zero attached hydrogens (tertiary/aromatic N) is 2. The quantitative estimate of drug-likeness (QED) is 0.868. The predicted molar refractivity (Wildman–Crippen MR) is 79.8 cm³/mol. The zero-order valence-electron chi connectivity index (χ0n) is 12.3. The molecule has 0 saturated carbocycles. The highest BCUT2D eigenvalue weighted by Crippen LogP contribution is 2.16. The number of hydrogen-bond acceptors (Lipinski definition) is 3. The molecule has 1 heterocycles. The van der Waals surface area contributed by atoms with Crippen LogP contribution in [-0.2, 0) is 0 Å². The van der Waals surface area contributed by atoms with Crippen LogP contribution in [0.4, 0.5) is 10.5 Å². The van der Waals surface area contributed by atoms with Gasteiger partial charge in [-0.15, -0.1) is 0 Å². The third-order valence-corrected chi connectivity index (χ3v) is 3.89. The van der Waals surface area contributed by atoms with Gasteiger partial charge in [0, 0.05) is 31.4 Å². The molecule has 2 unspecified atom stereocenters. The molecule has 20 heavy (non-hydrogen) atoms. The van der Waals surface area contributed by atoms with Gasteiger partial charge in [-0.2, -0.15) is 0 Å². The first-order valence-electron chi connectivity index (χ1n) is 7.01. The third-order valence-electron chi connectivity index (χ3n) is 3.89. The van der Waals surface area contributed by atoms with E-state index in [1.54, 1.807) is 6.92 Å². The Bertz CT molecular complexity index is 459. The molecular weight excluding hydrogens is 254 g/mol. The number of anilines is 1. The summed E-state index contributed by atoms with van der Waals surface area (Å²) in [5, 5.41) is 12.4. The highest BCUT2D eigenvalue weighted by molar-refractivity contribution is 5.89. The number of hydrogen-bond donors (Lipinski definition) is 2. The zero-order valence-corrected chi connectivity index (χ0v) is 12.3. The Morgan fingerprint density at radius 1 is 1.35 bits per heavy atom. The van der Waals surface area contributed by atoms with Crippen molar-refractivity contribution in [2.24, 2.45) is 0 Å². The number of likely N-dealkylation sites (N-methyl/N-ethyl adjacent to an activating group) is 1. The molecule has 110 valence electrons. The lowest BCUT2D eigenvalue weighted by atomic mass is 10.1. The summed E-state index contributed by atoms with van der Waals surface area (Å²) in [5.41, 5.74) is 1.60. The number of aliphatic hydroxyl groups excluding tert-OH is 1. The molecule has 5 nitrogen and oxygen atoms in total. The van der Waals surface area contributed by atoms with Crippen molar-refractivity contribution in [2.45, 2.75) is 26.0 Å². The molecule has 0 spiro atoms. The number of nitrogens with one attached hydrogen (secondary N) is 1. The number of benzene rings is 1. The maximum absolute atomic E-state index is 12.2. The van der Waals surface area contributed by atoms with Gasteiger partial charge in [-0.1, -0.05) is 12.1 Å². The van der Waals surface area contributed by atoms with E-state index in [9.17, 15) is 9.90 Å². The van der Waals surface area contributed by atoms with Gasteiger partial charge in [0.05, 0.1) is 6.10 Å². The standard InChI is InChI=1S/C15H23N3O2/c1-11-10-18(9-8-17(11)3)15(20)16-14-6-4-13(5-7-14)12(2)19/h4-7,11-12,19H,8-10H2,1-3H3,(H,16,20). The van der Waals surface area contributed by atoms with Crippen LogP contribution in [0.1, 0.15) is 25.5 Å². The molecule has 1 aliphatic heterocycles. The summed E-state index contributed by atoms with van der Waals surface area (Å²) in [4.78, 5) is 16.3. The average Bonchev–Trinajstić information content (AvgIpc) is 2.42. The second kappa shape index (κ2) is 6.24. The van der Waals surface area contributed by atoms with Gasteiger partial charge in [-0.3, -0.25) is 0 Å². The lowest BCUT2D eigenvalue weighted by Gasteiger charge is -2.37. The summed E-state index contributed by atoms with van der Waals surface area (Å²) >= 11 is 0. The number of piperazine rings is 1. The maximum atomic E-state index is 12.2. The van der Waals surface area contributed by atoms with Crippen molar-refractivity contribution >= 4 is 11.7 Å². The lowest BCUT2D eigenvalue weighted by Crippen LogP contribution is -2.53. The first-order valence-corrected chi connectivity index (χ1v) is 7.01. The predicted octanol–water partition coefficient (Wildman–Crippen LogP) is 1.91. The van der Waals surface area contributed by atoms with Crippen LogP contribution in [-0.4, -0.2) is 53.7 Å². The molecule has 0 radical (unpaired) electrons. The lowest BCUT2D eigenvalue weighted by molar-refractivity contribution is 0.125. The minimum absolute atomic E-state index is 0.0604. The van der Waals surface area contributed by atoms with Gasteiger partial charge >= 0.3 is 6.03 Å². The van der Waals surface area contributed by atoms with E-state index in [1.807, 2.05) is 29.2 Å². The number of carbonyl (C=O) groups is 1. The Morgan fingerprint density at radius 3 is 2.55 bits per heavy atom. The zero-order chi connectivity index (χ0) is 14.7. The number of rotatable bonds is 2. The highest BCUT2D eigenvalue weighted by atomic mass is 16.3. The third kappa shape index (κ3) is 3.49. The Hall–Kier alpha value is -1.59. The summed E-state index contributed by atoms with van der Waals surface area (Å²) in [6, 6.07) is 7.61. The Kier molecular flexibility index (Phi) is 4.62. The van der Waals surface area contributed by atoms with Crippen molar-refractivity contribution in [1.82, 2.24) is 9.80 Å². The van der Waals surface area contributed by atoms with E-state index < -0.39 is 6.10 Å². The van der Waals surface area contributed by atoms with Crippen LogP contribution in [0.5, 0.6) is 0 Å². The van der Waals surface area contributed by atoms with E-state index in [1.165, 1.54) is 0 Å². The van der Waals surface area contributed by atoms with Crippen LogP contribution in [0.15, 0.2) is 24.3 Å². The SMILES string of the molecule is CC(O)c1ccc(NC(=O)N2CCN(C)C(C)C2)cc1. The fourth-order valence-corrected chi connectivity index (χ4v) is 2.28. The van der Waals surface area contributed by atoms with Crippen molar-refractivity contribution in [2.75, 3.05) is 32.0 Å². The summed E-state index contributed by atoms with van der Waals surface area (Å²) < 4.78 is 0. The van der Waals surface area contributed by atoms with Crippen molar-refractivity contribution in [1.29, 1.82) is 0 Å². The monoisotopic (exact) mass is 277 g/mol. The fourth-order valence-electron chi connectivity index (χ4n) is 2.28. The van der Waals surface area contributed by atoms with E-state index in [4.69, 9.17) is 0 Å². The Labute approximate surface area is 120 Å². The molecular formula is C15H23N3O2. The van der Waals surface area contributed by atoms with Crippen molar-refractivity contribution in [3.63, 3.8) is 0 Å². The topological polar surface area (TPSA) is 55.8 Å². The van der Waals surface area contributed by atoms with E-state index in [0.717, 1.165) is 30.9 Å². The van der Waals surface area contributed by atoms with Crippen molar-refractivity contribution < 1.29 is 9.90 Å². The largest absolute Gasteiger partial charge is 0.389 e. The van der Waals surface area contributed by atoms with Gasteiger partial charge in [-0.05, 0) is 38.6 Å². The molecule has 2 N–H and O–H groups in total. The smallest absolute Gasteiger partial charge is 0.321 e.